The van der Waals surface area contributed by atoms with Crippen LogP contribution >= 0.6 is 11.3 Å². The number of nitrogens with zero attached hydrogens (tertiary/aromatic N) is 2. The van der Waals surface area contributed by atoms with Crippen molar-refractivity contribution in [2.45, 2.75) is 38.5 Å². The first-order valence-corrected chi connectivity index (χ1v) is 9.95. The van der Waals surface area contributed by atoms with E-state index in [1.54, 1.807) is 4.72 Å². The summed E-state index contributed by atoms with van der Waals surface area (Å²) in [5, 5.41) is 25.1. The minimum atomic E-state index is -4.76. The molecule has 162 valence electrons. The standard InChI is InChI=1S/C13H19N5O9S2/c1-5(18-29(24,25)26)7(10(20)21)16-9(19)8(6-4-28-12(14)15-6)17-27-13(2,3)11(22)23/h4-5,7,18H,1-3H3,(H2,14,15)(H,16,19)(H,20,21)(H,22,23)(H,24,25,26)/b17-8-. The molecule has 1 aromatic heterocycles. The maximum Gasteiger partial charge on any atom is 0.350 e. The minimum absolute atomic E-state index is 0.0363. The number of carbonyl (C=O) groups is 3. The summed E-state index contributed by atoms with van der Waals surface area (Å²) in [5.74, 6) is -4.20. The van der Waals surface area contributed by atoms with Gasteiger partial charge in [-0.15, -0.1) is 11.3 Å². The van der Waals surface area contributed by atoms with Gasteiger partial charge in [0.2, 0.25) is 5.60 Å². The molecule has 0 aliphatic carbocycles. The average Bonchev–Trinajstić information content (AvgIpc) is 2.96. The quantitative estimate of drug-likeness (QED) is 0.138. The van der Waals surface area contributed by atoms with Crippen molar-refractivity contribution >= 4 is 50.3 Å². The van der Waals surface area contributed by atoms with Gasteiger partial charge >= 0.3 is 22.2 Å². The third-order valence-electron chi connectivity index (χ3n) is 3.25. The van der Waals surface area contributed by atoms with Gasteiger partial charge in [0.15, 0.2) is 10.8 Å². The Kier molecular flexibility index (Phi) is 7.62. The molecular formula is C13H19N5O9S2. The van der Waals surface area contributed by atoms with Crippen molar-refractivity contribution in [2.75, 3.05) is 5.73 Å². The first-order chi connectivity index (χ1) is 13.1. The smallest absolute Gasteiger partial charge is 0.350 e. The molecule has 0 radical (unpaired) electrons. The zero-order valence-corrected chi connectivity index (χ0v) is 16.9. The number of carboxylic acid groups (broad SMARTS) is 2. The minimum Gasteiger partial charge on any atom is -0.480 e. The molecule has 1 rings (SSSR count). The lowest BCUT2D eigenvalue weighted by molar-refractivity contribution is -0.161. The lowest BCUT2D eigenvalue weighted by Gasteiger charge is -2.21. The molecular weight excluding hydrogens is 434 g/mol. The Morgan fingerprint density at radius 1 is 1.34 bits per heavy atom. The highest BCUT2D eigenvalue weighted by atomic mass is 32.2. The number of anilines is 1. The average molecular weight is 453 g/mol. The lowest BCUT2D eigenvalue weighted by atomic mass is 10.1. The van der Waals surface area contributed by atoms with Gasteiger partial charge in [0.05, 0.1) is 6.04 Å². The largest absolute Gasteiger partial charge is 0.480 e. The highest BCUT2D eigenvalue weighted by Gasteiger charge is 2.33. The zero-order chi connectivity index (χ0) is 22.6. The zero-order valence-electron chi connectivity index (χ0n) is 15.3. The van der Waals surface area contributed by atoms with E-state index < -0.39 is 51.5 Å². The predicted molar refractivity (Wildman–Crippen MR) is 99.6 cm³/mol. The molecule has 2 atom stereocenters. The summed E-state index contributed by atoms with van der Waals surface area (Å²) < 4.78 is 32.2. The highest BCUT2D eigenvalue weighted by Crippen LogP contribution is 2.15. The van der Waals surface area contributed by atoms with Crippen LogP contribution in [0.25, 0.3) is 0 Å². The SMILES string of the molecule is CC(NS(=O)(=O)O)C(NC(=O)/C(=N\OC(C)(C)C(=O)O)c1csc(N)n1)C(=O)O. The number of rotatable bonds is 10. The number of aromatic nitrogens is 1. The molecule has 0 saturated carbocycles. The van der Waals surface area contributed by atoms with Crippen LogP contribution in [-0.4, -0.2) is 69.4 Å². The van der Waals surface area contributed by atoms with E-state index in [-0.39, 0.29) is 10.8 Å². The third kappa shape index (κ3) is 7.26. The first kappa shape index (κ1) is 24.2. The Morgan fingerprint density at radius 3 is 2.34 bits per heavy atom. The van der Waals surface area contributed by atoms with Crippen LogP contribution in [0.4, 0.5) is 5.13 Å². The Hall–Kier alpha value is -2.82. The van der Waals surface area contributed by atoms with Gasteiger partial charge in [-0.1, -0.05) is 5.16 Å². The van der Waals surface area contributed by atoms with E-state index >= 15 is 0 Å². The van der Waals surface area contributed by atoms with E-state index in [9.17, 15) is 27.9 Å². The van der Waals surface area contributed by atoms with E-state index in [0.29, 0.717) is 0 Å². The summed E-state index contributed by atoms with van der Waals surface area (Å²) in [6.45, 7) is 3.39. The molecule has 29 heavy (non-hydrogen) atoms. The topological polar surface area (TPSA) is 231 Å². The third-order valence-corrected chi connectivity index (χ3v) is 4.59. The van der Waals surface area contributed by atoms with Gasteiger partial charge in [-0.2, -0.15) is 13.1 Å². The van der Waals surface area contributed by atoms with Gasteiger partial charge in [0.1, 0.15) is 11.7 Å². The fraction of sp³-hybridized carbons (Fsp3) is 0.462. The Bertz CT molecular complexity index is 925. The van der Waals surface area contributed by atoms with E-state index in [2.05, 4.69) is 10.1 Å². The molecule has 16 heteroatoms. The monoisotopic (exact) mass is 453 g/mol. The maximum absolute atomic E-state index is 12.6. The van der Waals surface area contributed by atoms with Gasteiger partial charge in [0, 0.05) is 5.38 Å². The predicted octanol–water partition coefficient (Wildman–Crippen LogP) is -1.34. The van der Waals surface area contributed by atoms with Crippen molar-refractivity contribution in [1.29, 1.82) is 0 Å². The van der Waals surface area contributed by atoms with Crippen molar-refractivity contribution in [2.24, 2.45) is 5.16 Å². The molecule has 0 saturated heterocycles. The number of hydrogen-bond acceptors (Lipinski definition) is 10. The van der Waals surface area contributed by atoms with Crippen molar-refractivity contribution in [3.05, 3.63) is 11.1 Å². The van der Waals surface area contributed by atoms with Crippen LogP contribution in [0, 0.1) is 0 Å². The Morgan fingerprint density at radius 2 is 1.93 bits per heavy atom. The summed E-state index contributed by atoms with van der Waals surface area (Å²) in [4.78, 5) is 43.8. The molecule has 14 nitrogen and oxygen atoms in total. The number of nitrogens with two attached hydrogens (primary N) is 1. The van der Waals surface area contributed by atoms with Crippen molar-refractivity contribution in [1.82, 2.24) is 15.0 Å². The van der Waals surface area contributed by atoms with Crippen molar-refractivity contribution in [3.8, 4) is 0 Å². The van der Waals surface area contributed by atoms with Crippen LogP contribution in [0.3, 0.4) is 0 Å². The van der Waals surface area contributed by atoms with Crippen molar-refractivity contribution < 1.29 is 42.4 Å². The number of nitrogens with one attached hydrogen (secondary N) is 2. The normalized spacial score (nSPS) is 14.7. The van der Waals surface area contributed by atoms with Gasteiger partial charge in [-0.3, -0.25) is 9.35 Å². The molecule has 0 aliphatic rings. The summed E-state index contributed by atoms with van der Waals surface area (Å²) in [5.41, 5.74) is 2.93. The number of nitrogen functional groups attached to an aromatic ring is 1. The van der Waals surface area contributed by atoms with Gasteiger partial charge in [-0.05, 0) is 20.8 Å². The second-order valence-corrected chi connectivity index (χ2v) is 8.16. The van der Waals surface area contributed by atoms with Crippen LogP contribution in [0.15, 0.2) is 10.5 Å². The van der Waals surface area contributed by atoms with Crippen LogP contribution in [-0.2, 0) is 29.5 Å². The Balaban J connectivity index is 3.22. The van der Waals surface area contributed by atoms with Gasteiger partial charge in [0.25, 0.3) is 5.91 Å². The summed E-state index contributed by atoms with van der Waals surface area (Å²) in [7, 11) is -4.76. The molecule has 7 N–H and O–H groups in total. The fourth-order valence-corrected chi connectivity index (χ4v) is 2.87. The van der Waals surface area contributed by atoms with Crippen LogP contribution < -0.4 is 15.8 Å². The van der Waals surface area contributed by atoms with E-state index in [1.807, 2.05) is 5.32 Å². The van der Waals surface area contributed by atoms with Crippen LogP contribution in [0.5, 0.6) is 0 Å². The summed E-state index contributed by atoms with van der Waals surface area (Å²) in [6, 6.07) is -3.30. The molecule has 0 aromatic carbocycles. The van der Waals surface area contributed by atoms with Crippen molar-refractivity contribution in [3.63, 3.8) is 0 Å². The van der Waals surface area contributed by atoms with Gasteiger partial charge < -0.3 is 26.1 Å². The first-order valence-electron chi connectivity index (χ1n) is 7.63. The maximum atomic E-state index is 12.6. The highest BCUT2D eigenvalue weighted by molar-refractivity contribution is 7.83. The fourth-order valence-electron chi connectivity index (χ4n) is 1.71. The number of hydrogen-bond donors (Lipinski definition) is 6. The number of thiazole rings is 1. The molecule has 0 spiro atoms. The van der Waals surface area contributed by atoms with Crippen LogP contribution in [0.1, 0.15) is 26.5 Å². The molecule has 1 aromatic rings. The van der Waals surface area contributed by atoms with E-state index in [4.69, 9.17) is 20.2 Å². The number of carboxylic acids is 2. The molecule has 1 heterocycles. The summed E-state index contributed by atoms with van der Waals surface area (Å²) in [6.07, 6.45) is 0. The molecule has 0 bridgehead atoms. The number of aliphatic carboxylic acids is 2. The lowest BCUT2D eigenvalue weighted by Crippen LogP contribution is -2.55. The van der Waals surface area contributed by atoms with Gasteiger partial charge in [-0.25, -0.2) is 14.6 Å². The molecule has 0 aliphatic heterocycles. The summed E-state index contributed by atoms with van der Waals surface area (Å²) >= 11 is 0.922. The second kappa shape index (κ2) is 9.12. The van der Waals surface area contributed by atoms with E-state index in [0.717, 1.165) is 32.1 Å². The Labute approximate surface area is 168 Å². The number of oxime groups is 1. The second-order valence-electron chi connectivity index (χ2n) is 6.09. The van der Waals surface area contributed by atoms with E-state index in [1.165, 1.54) is 5.38 Å². The van der Waals surface area contributed by atoms with Crippen LogP contribution in [0.2, 0.25) is 0 Å². The molecule has 2 unspecified atom stereocenters. The molecule has 0 fully saturated rings. The number of carbonyl (C=O) groups excluding carboxylic acids is 1. The number of amides is 1. The molecule has 1 amide bonds.